The zero-order valence-corrected chi connectivity index (χ0v) is 7.35. The van der Waals surface area contributed by atoms with Gasteiger partial charge >= 0.3 is 0 Å². The van der Waals surface area contributed by atoms with E-state index in [0.29, 0.717) is 12.5 Å². The number of hydrogen-bond acceptors (Lipinski definition) is 2. The van der Waals surface area contributed by atoms with Gasteiger partial charge in [0.15, 0.2) is 0 Å². The summed E-state index contributed by atoms with van der Waals surface area (Å²) in [4.78, 5) is 4.88. The molecule has 2 nitrogen and oxygen atoms in total. The lowest BCUT2D eigenvalue weighted by Gasteiger charge is -2.02. The maximum atomic E-state index is 4.88. The van der Waals surface area contributed by atoms with E-state index in [-0.39, 0.29) is 0 Å². The average Bonchev–Trinajstić information content (AvgIpc) is 1.82. The van der Waals surface area contributed by atoms with E-state index in [0.717, 1.165) is 12.1 Å². The molecule has 0 saturated heterocycles. The Bertz CT molecular complexity index is 108. The molecule has 2 heteroatoms. The minimum absolute atomic E-state index is 0.662. The highest BCUT2D eigenvalue weighted by atomic mass is 16.6. The fraction of sp³-hybridized carbons (Fsp3) is 0.875. The minimum Gasteiger partial charge on any atom is -0.396 e. The predicted molar refractivity (Wildman–Crippen MR) is 44.2 cm³/mol. The van der Waals surface area contributed by atoms with Crippen LogP contribution in [0.5, 0.6) is 0 Å². The van der Waals surface area contributed by atoms with Crippen molar-refractivity contribution < 1.29 is 4.84 Å². The second-order valence-electron chi connectivity index (χ2n) is 2.84. The molecule has 0 aliphatic heterocycles. The first-order chi connectivity index (χ1) is 4.66. The third-order valence-corrected chi connectivity index (χ3v) is 1.05. The fourth-order valence-electron chi connectivity index (χ4n) is 0.803. The van der Waals surface area contributed by atoms with Gasteiger partial charge in [0.1, 0.15) is 6.61 Å². The van der Waals surface area contributed by atoms with Crippen LogP contribution < -0.4 is 0 Å². The van der Waals surface area contributed by atoms with Gasteiger partial charge in [0.05, 0.1) is 5.71 Å². The maximum absolute atomic E-state index is 4.88. The molecule has 0 fully saturated rings. The standard InChI is InChI=1S/C8H17NO/c1-5-10-9-8(4)6-7(2)3/h7H,5-6H2,1-4H3. The van der Waals surface area contributed by atoms with Crippen molar-refractivity contribution in [3.63, 3.8) is 0 Å². The van der Waals surface area contributed by atoms with Crippen molar-refractivity contribution in [2.75, 3.05) is 6.61 Å². The van der Waals surface area contributed by atoms with Gasteiger partial charge in [-0.05, 0) is 26.2 Å². The van der Waals surface area contributed by atoms with Crippen LogP contribution in [0.4, 0.5) is 0 Å². The zero-order valence-electron chi connectivity index (χ0n) is 7.35. The molecule has 0 rings (SSSR count). The van der Waals surface area contributed by atoms with Crippen LogP contribution in [0.25, 0.3) is 0 Å². The molecule has 0 aliphatic carbocycles. The summed E-state index contributed by atoms with van der Waals surface area (Å²) in [6.07, 6.45) is 1.03. The van der Waals surface area contributed by atoms with E-state index < -0.39 is 0 Å². The summed E-state index contributed by atoms with van der Waals surface area (Å²) < 4.78 is 0. The van der Waals surface area contributed by atoms with E-state index in [1.54, 1.807) is 0 Å². The molecule has 0 amide bonds. The molecule has 0 radical (unpaired) electrons. The summed E-state index contributed by atoms with van der Waals surface area (Å²) in [6, 6.07) is 0. The van der Waals surface area contributed by atoms with E-state index in [9.17, 15) is 0 Å². The molecule has 0 atom stereocenters. The molecule has 0 spiro atoms. The quantitative estimate of drug-likeness (QED) is 0.437. The molecule has 0 heterocycles. The van der Waals surface area contributed by atoms with Gasteiger partial charge < -0.3 is 4.84 Å². The molecule has 0 saturated carbocycles. The molecule has 0 aromatic rings. The molecule has 0 aromatic heterocycles. The van der Waals surface area contributed by atoms with E-state index in [4.69, 9.17) is 4.84 Å². The van der Waals surface area contributed by atoms with Gasteiger partial charge in [-0.3, -0.25) is 0 Å². The van der Waals surface area contributed by atoms with Crippen molar-refractivity contribution in [2.45, 2.75) is 34.1 Å². The summed E-state index contributed by atoms with van der Waals surface area (Å²) in [5, 5.41) is 3.90. The molecule has 0 N–H and O–H groups in total. The van der Waals surface area contributed by atoms with Gasteiger partial charge in [-0.2, -0.15) is 0 Å². The van der Waals surface area contributed by atoms with Gasteiger partial charge in [-0.15, -0.1) is 0 Å². The fourth-order valence-corrected chi connectivity index (χ4v) is 0.803. The third-order valence-electron chi connectivity index (χ3n) is 1.05. The Morgan fingerprint density at radius 2 is 2.10 bits per heavy atom. The smallest absolute Gasteiger partial charge is 0.114 e. The lowest BCUT2D eigenvalue weighted by atomic mass is 10.1. The predicted octanol–water partition coefficient (Wildman–Crippen LogP) is 2.44. The van der Waals surface area contributed by atoms with Crippen molar-refractivity contribution >= 4 is 5.71 Å². The van der Waals surface area contributed by atoms with Crippen LogP contribution >= 0.6 is 0 Å². The maximum Gasteiger partial charge on any atom is 0.114 e. The van der Waals surface area contributed by atoms with Crippen LogP contribution in [0.15, 0.2) is 5.16 Å². The average molecular weight is 143 g/mol. The first kappa shape index (κ1) is 9.47. The van der Waals surface area contributed by atoms with Crippen LogP contribution in [0, 0.1) is 5.92 Å². The van der Waals surface area contributed by atoms with Gasteiger partial charge in [-0.1, -0.05) is 19.0 Å². The van der Waals surface area contributed by atoms with Crippen molar-refractivity contribution in [1.29, 1.82) is 0 Å². The highest BCUT2D eigenvalue weighted by Crippen LogP contribution is 2.00. The Balaban J connectivity index is 3.49. The Labute approximate surface area is 63.3 Å². The first-order valence-corrected chi connectivity index (χ1v) is 3.82. The van der Waals surface area contributed by atoms with Crippen molar-refractivity contribution in [2.24, 2.45) is 11.1 Å². The van der Waals surface area contributed by atoms with Crippen LogP contribution in [0.1, 0.15) is 34.1 Å². The Kier molecular flexibility index (Phi) is 4.99. The molecule has 60 valence electrons. The van der Waals surface area contributed by atoms with Crippen LogP contribution in [-0.2, 0) is 4.84 Å². The van der Waals surface area contributed by atoms with E-state index in [2.05, 4.69) is 19.0 Å². The molecule has 0 aliphatic rings. The number of oxime groups is 1. The molecule has 10 heavy (non-hydrogen) atoms. The van der Waals surface area contributed by atoms with Gasteiger partial charge in [-0.25, -0.2) is 0 Å². The number of hydrogen-bond donors (Lipinski definition) is 0. The van der Waals surface area contributed by atoms with E-state index in [1.165, 1.54) is 0 Å². The zero-order chi connectivity index (χ0) is 7.98. The monoisotopic (exact) mass is 143 g/mol. The highest BCUT2D eigenvalue weighted by Gasteiger charge is 1.96. The number of rotatable bonds is 4. The van der Waals surface area contributed by atoms with E-state index >= 15 is 0 Å². The Morgan fingerprint density at radius 1 is 1.50 bits per heavy atom. The van der Waals surface area contributed by atoms with Crippen LogP contribution in [0.3, 0.4) is 0 Å². The first-order valence-electron chi connectivity index (χ1n) is 3.82. The lowest BCUT2D eigenvalue weighted by molar-refractivity contribution is 0.157. The van der Waals surface area contributed by atoms with Gasteiger partial charge in [0.25, 0.3) is 0 Å². The summed E-state index contributed by atoms with van der Waals surface area (Å²) in [7, 11) is 0. The van der Waals surface area contributed by atoms with Gasteiger partial charge in [0.2, 0.25) is 0 Å². The Morgan fingerprint density at radius 3 is 2.50 bits per heavy atom. The SMILES string of the molecule is CCON=C(C)CC(C)C. The second-order valence-corrected chi connectivity index (χ2v) is 2.84. The van der Waals surface area contributed by atoms with Crippen molar-refractivity contribution in [3.05, 3.63) is 0 Å². The summed E-state index contributed by atoms with van der Waals surface area (Å²) in [6.45, 7) is 8.94. The van der Waals surface area contributed by atoms with Crippen LogP contribution in [0.2, 0.25) is 0 Å². The molecule has 0 bridgehead atoms. The normalized spacial score (nSPS) is 12.3. The van der Waals surface area contributed by atoms with Crippen LogP contribution in [-0.4, -0.2) is 12.3 Å². The number of nitrogens with zero attached hydrogens (tertiary/aromatic N) is 1. The van der Waals surface area contributed by atoms with E-state index in [1.807, 2.05) is 13.8 Å². The van der Waals surface area contributed by atoms with Crippen molar-refractivity contribution in [3.8, 4) is 0 Å². The van der Waals surface area contributed by atoms with Crippen molar-refractivity contribution in [1.82, 2.24) is 0 Å². The lowest BCUT2D eigenvalue weighted by Crippen LogP contribution is -1.98. The summed E-state index contributed by atoms with van der Waals surface area (Å²) in [5.41, 5.74) is 1.08. The molecule has 0 unspecified atom stereocenters. The second kappa shape index (κ2) is 5.27. The third kappa shape index (κ3) is 5.60. The molecular weight excluding hydrogens is 126 g/mol. The summed E-state index contributed by atoms with van der Waals surface area (Å²) >= 11 is 0. The van der Waals surface area contributed by atoms with Gasteiger partial charge in [0, 0.05) is 0 Å². The molecular formula is C8H17NO. The molecule has 0 aromatic carbocycles. The minimum atomic E-state index is 0.662. The summed E-state index contributed by atoms with van der Waals surface area (Å²) in [5.74, 6) is 0.671. The Hall–Kier alpha value is -0.530. The topological polar surface area (TPSA) is 21.6 Å². The largest absolute Gasteiger partial charge is 0.396 e. The highest BCUT2D eigenvalue weighted by molar-refractivity contribution is 5.81.